The lowest BCUT2D eigenvalue weighted by atomic mass is 10.0. The maximum absolute atomic E-state index is 13.0. The van der Waals surface area contributed by atoms with Crippen LogP contribution < -0.4 is 0 Å². The lowest BCUT2D eigenvalue weighted by Crippen LogP contribution is -2.35. The van der Waals surface area contributed by atoms with Gasteiger partial charge in [-0.3, -0.25) is 9.48 Å². The van der Waals surface area contributed by atoms with Crippen molar-refractivity contribution in [2.24, 2.45) is 7.05 Å². The van der Waals surface area contributed by atoms with E-state index in [2.05, 4.69) is 10.3 Å². The number of nitrogens with zero attached hydrogens (tertiary/aromatic N) is 4. The Bertz CT molecular complexity index is 654. The fourth-order valence-electron chi connectivity index (χ4n) is 3.24. The molecule has 2 aromatic rings. The van der Waals surface area contributed by atoms with Gasteiger partial charge in [-0.15, -0.1) is 0 Å². The normalized spacial score (nSPS) is 19.2. The second-order valence-electron chi connectivity index (χ2n) is 6.01. The number of rotatable bonds is 2. The Morgan fingerprint density at radius 1 is 1.32 bits per heavy atom. The van der Waals surface area contributed by atoms with E-state index >= 15 is 0 Å². The minimum Gasteiger partial charge on any atom is -0.361 e. The highest BCUT2D eigenvalue weighted by Gasteiger charge is 2.31. The summed E-state index contributed by atoms with van der Waals surface area (Å²) in [6.07, 6.45) is 8.16. The summed E-state index contributed by atoms with van der Waals surface area (Å²) in [5.74, 6) is 0.615. The number of hydrogen-bond donors (Lipinski definition) is 0. The Balaban J connectivity index is 1.95. The van der Waals surface area contributed by atoms with Crippen molar-refractivity contribution < 1.29 is 9.32 Å². The summed E-state index contributed by atoms with van der Waals surface area (Å²) in [4.78, 5) is 15.0. The molecule has 1 unspecified atom stereocenters. The highest BCUT2D eigenvalue weighted by Crippen LogP contribution is 2.32. The van der Waals surface area contributed by atoms with Crippen molar-refractivity contribution in [2.75, 3.05) is 6.54 Å². The molecule has 1 saturated heterocycles. The van der Waals surface area contributed by atoms with Crippen LogP contribution >= 0.6 is 0 Å². The molecule has 3 heterocycles. The van der Waals surface area contributed by atoms with Gasteiger partial charge in [0.05, 0.1) is 17.9 Å². The molecule has 3 rings (SSSR count). The van der Waals surface area contributed by atoms with E-state index in [1.807, 2.05) is 31.3 Å². The van der Waals surface area contributed by atoms with Gasteiger partial charge in [0.15, 0.2) is 0 Å². The lowest BCUT2D eigenvalue weighted by molar-refractivity contribution is 0.0678. The van der Waals surface area contributed by atoms with E-state index in [4.69, 9.17) is 4.52 Å². The molecule has 1 atom stereocenters. The van der Waals surface area contributed by atoms with Crippen LogP contribution in [0.25, 0.3) is 0 Å². The van der Waals surface area contributed by atoms with Gasteiger partial charge in [-0.1, -0.05) is 18.0 Å². The molecule has 1 aliphatic rings. The third-order valence-electron chi connectivity index (χ3n) is 4.37. The number of likely N-dealkylation sites (tertiary alicyclic amines) is 1. The van der Waals surface area contributed by atoms with Gasteiger partial charge in [0.1, 0.15) is 11.3 Å². The molecule has 118 valence electrons. The zero-order valence-corrected chi connectivity index (χ0v) is 13.4. The molecule has 1 amide bonds. The molecular weight excluding hydrogens is 280 g/mol. The van der Waals surface area contributed by atoms with Crippen molar-refractivity contribution in [1.29, 1.82) is 0 Å². The zero-order chi connectivity index (χ0) is 15.7. The van der Waals surface area contributed by atoms with Gasteiger partial charge in [-0.2, -0.15) is 5.10 Å². The Morgan fingerprint density at radius 3 is 2.77 bits per heavy atom. The van der Waals surface area contributed by atoms with Crippen molar-refractivity contribution in [1.82, 2.24) is 19.8 Å². The summed E-state index contributed by atoms with van der Waals surface area (Å²) in [5, 5.41) is 8.18. The molecule has 0 radical (unpaired) electrons. The molecule has 0 bridgehead atoms. The third-order valence-corrected chi connectivity index (χ3v) is 4.37. The first-order chi connectivity index (χ1) is 10.6. The van der Waals surface area contributed by atoms with Gasteiger partial charge >= 0.3 is 0 Å². The summed E-state index contributed by atoms with van der Waals surface area (Å²) >= 11 is 0. The molecular formula is C16H22N4O2. The van der Waals surface area contributed by atoms with Crippen molar-refractivity contribution in [3.63, 3.8) is 0 Å². The van der Waals surface area contributed by atoms with Crippen LogP contribution in [0.15, 0.2) is 16.9 Å². The van der Waals surface area contributed by atoms with Crippen molar-refractivity contribution >= 4 is 5.91 Å². The number of carbonyl (C=O) groups is 1. The average Bonchev–Trinajstić information content (AvgIpc) is 2.96. The van der Waals surface area contributed by atoms with Gasteiger partial charge in [0.2, 0.25) is 0 Å². The fourth-order valence-corrected chi connectivity index (χ4v) is 3.24. The van der Waals surface area contributed by atoms with Crippen LogP contribution in [0.4, 0.5) is 0 Å². The van der Waals surface area contributed by atoms with E-state index in [0.29, 0.717) is 17.0 Å². The van der Waals surface area contributed by atoms with Crippen LogP contribution in [0.1, 0.15) is 59.1 Å². The first kappa shape index (κ1) is 14.8. The van der Waals surface area contributed by atoms with Crippen LogP contribution in [-0.4, -0.2) is 32.3 Å². The highest BCUT2D eigenvalue weighted by atomic mass is 16.5. The Morgan fingerprint density at radius 2 is 2.14 bits per heavy atom. The standard InChI is InChI=1S/C16H22N4O2/c1-11-15(12(2)22-18-11)16(21)20-8-6-4-5-7-14(20)13-9-17-19(3)10-13/h9-10,14H,4-8H2,1-3H3. The number of aryl methyl sites for hydroxylation is 3. The molecule has 1 aliphatic heterocycles. The van der Waals surface area contributed by atoms with E-state index in [1.54, 1.807) is 11.6 Å². The van der Waals surface area contributed by atoms with Crippen LogP contribution in [0.2, 0.25) is 0 Å². The quantitative estimate of drug-likeness (QED) is 0.855. The SMILES string of the molecule is Cc1noc(C)c1C(=O)N1CCCCCC1c1cnn(C)c1. The van der Waals surface area contributed by atoms with Crippen molar-refractivity contribution in [2.45, 2.75) is 45.6 Å². The molecule has 0 aromatic carbocycles. The maximum Gasteiger partial charge on any atom is 0.259 e. The van der Waals surface area contributed by atoms with Gasteiger partial charge in [0.25, 0.3) is 5.91 Å². The topological polar surface area (TPSA) is 64.2 Å². The van der Waals surface area contributed by atoms with E-state index in [0.717, 1.165) is 37.8 Å². The van der Waals surface area contributed by atoms with Crippen molar-refractivity contribution in [3.05, 3.63) is 35.0 Å². The minimum absolute atomic E-state index is 0.0204. The summed E-state index contributed by atoms with van der Waals surface area (Å²) in [6.45, 7) is 4.38. The van der Waals surface area contributed by atoms with Crippen LogP contribution in [-0.2, 0) is 7.05 Å². The van der Waals surface area contributed by atoms with E-state index in [-0.39, 0.29) is 11.9 Å². The van der Waals surface area contributed by atoms with E-state index in [1.165, 1.54) is 0 Å². The molecule has 6 heteroatoms. The molecule has 0 N–H and O–H groups in total. The average molecular weight is 302 g/mol. The first-order valence-corrected chi connectivity index (χ1v) is 7.80. The number of hydrogen-bond acceptors (Lipinski definition) is 4. The number of amides is 1. The predicted octanol–water partition coefficient (Wildman–Crippen LogP) is 2.78. The van der Waals surface area contributed by atoms with E-state index < -0.39 is 0 Å². The van der Waals surface area contributed by atoms with Crippen LogP contribution in [0, 0.1) is 13.8 Å². The first-order valence-electron chi connectivity index (χ1n) is 7.80. The molecule has 1 fully saturated rings. The summed E-state index contributed by atoms with van der Waals surface area (Å²) < 4.78 is 6.96. The van der Waals surface area contributed by atoms with Gasteiger partial charge in [0, 0.05) is 25.4 Å². The second-order valence-corrected chi connectivity index (χ2v) is 6.01. The van der Waals surface area contributed by atoms with Gasteiger partial charge in [-0.05, 0) is 26.7 Å². The van der Waals surface area contributed by atoms with Gasteiger partial charge in [-0.25, -0.2) is 0 Å². The summed E-state index contributed by atoms with van der Waals surface area (Å²) in [5.41, 5.74) is 2.37. The lowest BCUT2D eigenvalue weighted by Gasteiger charge is -2.29. The highest BCUT2D eigenvalue weighted by molar-refractivity contribution is 5.96. The molecule has 2 aromatic heterocycles. The largest absolute Gasteiger partial charge is 0.361 e. The van der Waals surface area contributed by atoms with E-state index in [9.17, 15) is 4.79 Å². The van der Waals surface area contributed by atoms with Gasteiger partial charge < -0.3 is 9.42 Å². The molecule has 0 spiro atoms. The Hall–Kier alpha value is -2.11. The number of carbonyl (C=O) groups excluding carboxylic acids is 1. The maximum atomic E-state index is 13.0. The van der Waals surface area contributed by atoms with Crippen LogP contribution in [0.5, 0.6) is 0 Å². The molecule has 0 aliphatic carbocycles. The molecule has 6 nitrogen and oxygen atoms in total. The minimum atomic E-state index is 0.0204. The molecule has 0 saturated carbocycles. The van der Waals surface area contributed by atoms with Crippen LogP contribution in [0.3, 0.4) is 0 Å². The summed E-state index contributed by atoms with van der Waals surface area (Å²) in [7, 11) is 1.90. The third kappa shape index (κ3) is 2.65. The summed E-state index contributed by atoms with van der Waals surface area (Å²) in [6, 6.07) is 0.0809. The zero-order valence-electron chi connectivity index (χ0n) is 13.4. The monoisotopic (exact) mass is 302 g/mol. The second kappa shape index (κ2) is 5.94. The molecule has 22 heavy (non-hydrogen) atoms. The smallest absolute Gasteiger partial charge is 0.259 e. The number of aromatic nitrogens is 3. The Labute approximate surface area is 130 Å². The van der Waals surface area contributed by atoms with Crippen molar-refractivity contribution in [3.8, 4) is 0 Å². The fraction of sp³-hybridized carbons (Fsp3) is 0.562. The Kier molecular flexibility index (Phi) is 4.00. The predicted molar refractivity (Wildman–Crippen MR) is 81.4 cm³/mol.